The fourth-order valence-electron chi connectivity index (χ4n) is 3.21. The van der Waals surface area contributed by atoms with Gasteiger partial charge in [0, 0.05) is 11.8 Å². The highest BCUT2D eigenvalue weighted by Gasteiger charge is 2.40. The average molecular weight is 512 g/mol. The lowest BCUT2D eigenvalue weighted by atomic mass is 10.0. The first-order valence-electron chi connectivity index (χ1n) is 9.72. The molecular formula is C23H12ClF6N3O2. The molecule has 0 saturated carbocycles. The molecule has 2 heterocycles. The molecule has 4 rings (SSSR count). The van der Waals surface area contributed by atoms with Gasteiger partial charge in [0.15, 0.2) is 11.5 Å². The van der Waals surface area contributed by atoms with Crippen LogP contribution in [0, 0.1) is 0 Å². The number of aromatic amines is 1. The Hall–Kier alpha value is -3.86. The van der Waals surface area contributed by atoms with E-state index in [1.165, 1.54) is 6.20 Å². The van der Waals surface area contributed by atoms with Crippen molar-refractivity contribution in [1.29, 1.82) is 0 Å². The molecule has 180 valence electrons. The van der Waals surface area contributed by atoms with E-state index in [0.717, 1.165) is 12.1 Å². The van der Waals surface area contributed by atoms with Crippen LogP contribution in [0.3, 0.4) is 0 Å². The summed E-state index contributed by atoms with van der Waals surface area (Å²) in [6.45, 7) is 0. The first-order valence-corrected chi connectivity index (χ1v) is 10.1. The van der Waals surface area contributed by atoms with Crippen LogP contribution in [-0.4, -0.2) is 15.0 Å². The third kappa shape index (κ3) is 5.14. The molecule has 0 aliphatic carbocycles. The number of benzene rings is 2. The molecule has 5 nitrogen and oxygen atoms in total. The van der Waals surface area contributed by atoms with Gasteiger partial charge in [-0.25, -0.2) is 4.98 Å². The second-order valence-electron chi connectivity index (χ2n) is 7.10. The Balaban J connectivity index is 1.85. The standard InChI is InChI=1S/C23H12ClF6N3O2/c24-16-9-8-13(11-15(16)22(25,26)27)35-18-19(23(28,29)30)32-20(33-21(18)34)17-14(7-4-10-31-17)12-5-2-1-3-6-12/h1-11H,(H,32,33,34). The largest absolute Gasteiger partial charge is 0.449 e. The van der Waals surface area contributed by atoms with Crippen molar-refractivity contribution in [2.45, 2.75) is 12.4 Å². The molecule has 0 radical (unpaired) electrons. The molecule has 0 amide bonds. The fourth-order valence-corrected chi connectivity index (χ4v) is 3.43. The molecule has 0 unspecified atom stereocenters. The molecule has 35 heavy (non-hydrogen) atoms. The second kappa shape index (κ2) is 9.06. The molecule has 0 bridgehead atoms. The van der Waals surface area contributed by atoms with E-state index >= 15 is 0 Å². The van der Waals surface area contributed by atoms with Gasteiger partial charge in [0.25, 0.3) is 5.56 Å². The lowest BCUT2D eigenvalue weighted by molar-refractivity contribution is -0.142. The van der Waals surface area contributed by atoms with Gasteiger partial charge in [0.2, 0.25) is 5.75 Å². The number of aromatic nitrogens is 3. The van der Waals surface area contributed by atoms with Crippen LogP contribution in [0.25, 0.3) is 22.6 Å². The van der Waals surface area contributed by atoms with E-state index < -0.39 is 51.5 Å². The smallest absolute Gasteiger partial charge is 0.437 e. The van der Waals surface area contributed by atoms with Crippen molar-refractivity contribution >= 4 is 11.6 Å². The summed E-state index contributed by atoms with van der Waals surface area (Å²) in [5.41, 5.74) is -3.48. The fraction of sp³-hybridized carbons (Fsp3) is 0.0870. The predicted octanol–water partition coefficient (Wildman–Crippen LogP) is 6.98. The highest BCUT2D eigenvalue weighted by molar-refractivity contribution is 6.31. The molecule has 1 N–H and O–H groups in total. The number of rotatable bonds is 4. The maximum atomic E-state index is 13.9. The highest BCUT2D eigenvalue weighted by Crippen LogP contribution is 2.40. The Morgan fingerprint density at radius 1 is 0.886 bits per heavy atom. The Bertz CT molecular complexity index is 1440. The van der Waals surface area contributed by atoms with Crippen LogP contribution in [0.15, 0.2) is 71.7 Å². The van der Waals surface area contributed by atoms with Crippen LogP contribution < -0.4 is 10.3 Å². The molecule has 12 heteroatoms. The lowest BCUT2D eigenvalue weighted by Crippen LogP contribution is -2.21. The molecule has 0 fully saturated rings. The van der Waals surface area contributed by atoms with Crippen molar-refractivity contribution in [2.24, 2.45) is 0 Å². The number of nitrogens with zero attached hydrogens (tertiary/aromatic N) is 2. The van der Waals surface area contributed by atoms with Gasteiger partial charge in [0.05, 0.1) is 10.6 Å². The number of hydrogen-bond donors (Lipinski definition) is 1. The van der Waals surface area contributed by atoms with Crippen LogP contribution >= 0.6 is 11.6 Å². The van der Waals surface area contributed by atoms with Crippen LogP contribution in [-0.2, 0) is 12.4 Å². The Morgan fingerprint density at radius 2 is 1.60 bits per heavy atom. The quantitative estimate of drug-likeness (QED) is 0.300. The zero-order valence-electron chi connectivity index (χ0n) is 17.2. The summed E-state index contributed by atoms with van der Waals surface area (Å²) in [6, 6.07) is 13.8. The first-order chi connectivity index (χ1) is 16.4. The maximum Gasteiger partial charge on any atom is 0.437 e. The number of nitrogens with one attached hydrogen (secondary N) is 1. The van der Waals surface area contributed by atoms with Crippen LogP contribution in [0.2, 0.25) is 5.02 Å². The minimum atomic E-state index is -5.18. The summed E-state index contributed by atoms with van der Waals surface area (Å²) in [5.74, 6) is -2.51. The summed E-state index contributed by atoms with van der Waals surface area (Å²) in [4.78, 5) is 22.5. The van der Waals surface area contributed by atoms with E-state index in [4.69, 9.17) is 16.3 Å². The number of H-pyrrole nitrogens is 1. The molecule has 0 spiro atoms. The molecule has 2 aromatic carbocycles. The number of hydrogen-bond acceptors (Lipinski definition) is 4. The van der Waals surface area contributed by atoms with Gasteiger partial charge in [0.1, 0.15) is 11.4 Å². The van der Waals surface area contributed by atoms with Gasteiger partial charge >= 0.3 is 12.4 Å². The molecule has 2 aromatic heterocycles. The summed E-state index contributed by atoms with van der Waals surface area (Å²) in [5, 5.41) is -0.688. The molecule has 0 saturated heterocycles. The van der Waals surface area contributed by atoms with Crippen molar-refractivity contribution in [1.82, 2.24) is 15.0 Å². The van der Waals surface area contributed by atoms with Gasteiger partial charge in [-0.15, -0.1) is 0 Å². The minimum absolute atomic E-state index is 0.0429. The van der Waals surface area contributed by atoms with E-state index in [1.54, 1.807) is 42.5 Å². The normalized spacial score (nSPS) is 12.0. The third-order valence-electron chi connectivity index (χ3n) is 4.73. The number of ether oxygens (including phenoxy) is 1. The third-order valence-corrected chi connectivity index (χ3v) is 5.05. The van der Waals surface area contributed by atoms with Crippen LogP contribution in [0.1, 0.15) is 11.3 Å². The van der Waals surface area contributed by atoms with E-state index in [2.05, 4.69) is 15.0 Å². The Kier molecular flexibility index (Phi) is 6.28. The van der Waals surface area contributed by atoms with Gasteiger partial charge in [-0.2, -0.15) is 26.3 Å². The van der Waals surface area contributed by atoms with Gasteiger partial charge in [-0.1, -0.05) is 48.0 Å². The topological polar surface area (TPSA) is 67.9 Å². The number of alkyl halides is 6. The summed E-state index contributed by atoms with van der Waals surface area (Å²) in [6.07, 6.45) is -8.77. The molecule has 0 aliphatic rings. The maximum absolute atomic E-state index is 13.9. The van der Waals surface area contributed by atoms with Crippen molar-refractivity contribution in [3.05, 3.63) is 93.5 Å². The molecule has 4 aromatic rings. The SMILES string of the molecule is O=c1[nH]c(-c2ncccc2-c2ccccc2)nc(C(F)(F)F)c1Oc1ccc(Cl)c(C(F)(F)F)c1. The van der Waals surface area contributed by atoms with Crippen molar-refractivity contribution in [3.63, 3.8) is 0 Å². The van der Waals surface area contributed by atoms with Gasteiger partial charge < -0.3 is 9.72 Å². The average Bonchev–Trinajstić information content (AvgIpc) is 2.80. The van der Waals surface area contributed by atoms with Gasteiger partial charge in [-0.3, -0.25) is 9.78 Å². The van der Waals surface area contributed by atoms with E-state index in [-0.39, 0.29) is 5.69 Å². The molecule has 0 atom stereocenters. The van der Waals surface area contributed by atoms with E-state index in [9.17, 15) is 31.1 Å². The van der Waals surface area contributed by atoms with Crippen molar-refractivity contribution in [2.75, 3.05) is 0 Å². The lowest BCUT2D eigenvalue weighted by Gasteiger charge is -2.15. The number of pyridine rings is 1. The molecule has 0 aliphatic heterocycles. The van der Waals surface area contributed by atoms with Crippen molar-refractivity contribution in [3.8, 4) is 34.1 Å². The first kappa shape index (κ1) is 24.3. The minimum Gasteiger partial charge on any atom is -0.449 e. The highest BCUT2D eigenvalue weighted by atomic mass is 35.5. The summed E-state index contributed by atoms with van der Waals surface area (Å²) in [7, 11) is 0. The van der Waals surface area contributed by atoms with Gasteiger partial charge in [-0.05, 0) is 29.8 Å². The predicted molar refractivity (Wildman–Crippen MR) is 115 cm³/mol. The van der Waals surface area contributed by atoms with Crippen LogP contribution in [0.4, 0.5) is 26.3 Å². The monoisotopic (exact) mass is 511 g/mol. The molecular weight excluding hydrogens is 500 g/mol. The second-order valence-corrected chi connectivity index (χ2v) is 7.50. The van der Waals surface area contributed by atoms with Crippen molar-refractivity contribution < 1.29 is 31.1 Å². The van der Waals surface area contributed by atoms with E-state index in [1.807, 2.05) is 0 Å². The van der Waals surface area contributed by atoms with Crippen LogP contribution in [0.5, 0.6) is 11.5 Å². The zero-order chi connectivity index (χ0) is 25.4. The summed E-state index contributed by atoms with van der Waals surface area (Å²) >= 11 is 5.53. The number of halogens is 7. The summed E-state index contributed by atoms with van der Waals surface area (Å²) < 4.78 is 85.9. The van der Waals surface area contributed by atoms with E-state index in [0.29, 0.717) is 17.2 Å². The Labute approximate surface area is 198 Å². The Morgan fingerprint density at radius 3 is 2.26 bits per heavy atom. The zero-order valence-corrected chi connectivity index (χ0v) is 18.0.